The molecule has 0 unspecified atom stereocenters. The molecular weight excluding hydrogens is 356 g/mol. The fourth-order valence-electron chi connectivity index (χ4n) is 3.79. The minimum atomic E-state index is -2.50. The van der Waals surface area contributed by atoms with Crippen LogP contribution in [0.25, 0.3) is 11.1 Å². The van der Waals surface area contributed by atoms with E-state index in [2.05, 4.69) is 9.88 Å². The van der Waals surface area contributed by atoms with E-state index in [0.717, 1.165) is 40.4 Å². The number of nitrogens with zero attached hydrogens (tertiary/aromatic N) is 4. The van der Waals surface area contributed by atoms with E-state index in [9.17, 15) is 9.59 Å². The van der Waals surface area contributed by atoms with Gasteiger partial charge in [-0.25, -0.2) is 0 Å². The number of carboxylic acids is 1. The SMILES string of the molecule is [2H]C([2H])([2H])N1C(=O)CCc2cc(-c3cncc(N4CCN(CC(=O)O)CC4)c3)ccc21. The van der Waals surface area contributed by atoms with Crippen LogP contribution in [0.2, 0.25) is 0 Å². The van der Waals surface area contributed by atoms with E-state index < -0.39 is 12.9 Å². The highest BCUT2D eigenvalue weighted by Crippen LogP contribution is 2.32. The summed E-state index contributed by atoms with van der Waals surface area (Å²) in [6.45, 7) is 0.342. The van der Waals surface area contributed by atoms with Gasteiger partial charge in [0, 0.05) is 61.1 Å². The van der Waals surface area contributed by atoms with Gasteiger partial charge >= 0.3 is 5.97 Å². The number of aromatic nitrogens is 1. The Labute approximate surface area is 168 Å². The Hall–Kier alpha value is -2.93. The third-order valence-electron chi connectivity index (χ3n) is 5.33. The molecule has 1 fully saturated rings. The number of hydrogen-bond acceptors (Lipinski definition) is 5. The number of benzene rings is 1. The molecule has 1 aromatic carbocycles. The number of anilines is 2. The Morgan fingerprint density at radius 2 is 1.96 bits per heavy atom. The van der Waals surface area contributed by atoms with Gasteiger partial charge in [0.05, 0.1) is 18.4 Å². The molecule has 0 spiro atoms. The molecule has 2 aliphatic heterocycles. The summed E-state index contributed by atoms with van der Waals surface area (Å²) >= 11 is 0. The maximum absolute atomic E-state index is 12.2. The quantitative estimate of drug-likeness (QED) is 0.869. The number of aliphatic carboxylic acids is 1. The molecule has 1 amide bonds. The Morgan fingerprint density at radius 1 is 1.14 bits per heavy atom. The lowest BCUT2D eigenvalue weighted by molar-refractivity contribution is -0.138. The van der Waals surface area contributed by atoms with Crippen LogP contribution in [0.3, 0.4) is 0 Å². The van der Waals surface area contributed by atoms with Crippen molar-refractivity contribution in [2.24, 2.45) is 0 Å². The number of fused-ring (bicyclic) bond motifs is 1. The number of rotatable bonds is 4. The van der Waals surface area contributed by atoms with Gasteiger partial charge in [0.2, 0.25) is 5.91 Å². The topological polar surface area (TPSA) is 77.0 Å². The molecule has 0 atom stereocenters. The predicted molar refractivity (Wildman–Crippen MR) is 108 cm³/mol. The first-order chi connectivity index (χ1) is 14.7. The monoisotopic (exact) mass is 383 g/mol. The molecule has 0 aliphatic carbocycles. The van der Waals surface area contributed by atoms with E-state index in [0.29, 0.717) is 25.2 Å². The van der Waals surface area contributed by atoms with E-state index in [4.69, 9.17) is 9.22 Å². The van der Waals surface area contributed by atoms with Gasteiger partial charge < -0.3 is 14.9 Å². The van der Waals surface area contributed by atoms with Gasteiger partial charge in [0.1, 0.15) is 0 Å². The maximum atomic E-state index is 12.2. The van der Waals surface area contributed by atoms with Crippen molar-refractivity contribution in [1.29, 1.82) is 0 Å². The van der Waals surface area contributed by atoms with Crippen molar-refractivity contribution in [1.82, 2.24) is 9.88 Å². The average molecular weight is 383 g/mol. The number of aryl methyl sites for hydroxylation is 1. The van der Waals surface area contributed by atoms with Crippen LogP contribution in [0.15, 0.2) is 36.7 Å². The molecule has 3 heterocycles. The van der Waals surface area contributed by atoms with Crippen molar-refractivity contribution >= 4 is 23.3 Å². The second-order valence-corrected chi connectivity index (χ2v) is 7.16. The number of amides is 1. The first kappa shape index (κ1) is 15.0. The highest BCUT2D eigenvalue weighted by molar-refractivity contribution is 5.96. The number of pyridine rings is 1. The Morgan fingerprint density at radius 3 is 2.71 bits per heavy atom. The van der Waals surface area contributed by atoms with Crippen LogP contribution in [-0.2, 0) is 16.0 Å². The number of hydrogen-bond donors (Lipinski definition) is 1. The van der Waals surface area contributed by atoms with Gasteiger partial charge in [-0.1, -0.05) is 6.07 Å². The van der Waals surface area contributed by atoms with E-state index in [1.54, 1.807) is 18.5 Å². The third-order valence-corrected chi connectivity index (χ3v) is 5.33. The highest BCUT2D eigenvalue weighted by Gasteiger charge is 2.22. The normalized spacial score (nSPS) is 19.6. The van der Waals surface area contributed by atoms with Crippen LogP contribution < -0.4 is 9.80 Å². The predicted octanol–water partition coefficient (Wildman–Crippen LogP) is 1.86. The zero-order valence-corrected chi connectivity index (χ0v) is 15.5. The Balaban J connectivity index is 1.55. The summed E-state index contributed by atoms with van der Waals surface area (Å²) in [5.41, 5.74) is 4.06. The molecule has 28 heavy (non-hydrogen) atoms. The summed E-state index contributed by atoms with van der Waals surface area (Å²) in [5, 5.41) is 8.95. The maximum Gasteiger partial charge on any atom is 0.317 e. The molecule has 7 heteroatoms. The molecule has 1 aromatic heterocycles. The summed E-state index contributed by atoms with van der Waals surface area (Å²) in [5.74, 6) is -1.20. The van der Waals surface area contributed by atoms with Crippen molar-refractivity contribution in [2.75, 3.05) is 49.5 Å². The van der Waals surface area contributed by atoms with Crippen molar-refractivity contribution in [2.45, 2.75) is 12.8 Å². The van der Waals surface area contributed by atoms with Crippen LogP contribution >= 0.6 is 0 Å². The van der Waals surface area contributed by atoms with E-state index >= 15 is 0 Å². The van der Waals surface area contributed by atoms with Crippen LogP contribution in [0, 0.1) is 0 Å². The lowest BCUT2D eigenvalue weighted by Gasteiger charge is -2.35. The number of piperazine rings is 1. The largest absolute Gasteiger partial charge is 0.480 e. The molecule has 4 rings (SSSR count). The van der Waals surface area contributed by atoms with E-state index in [-0.39, 0.29) is 18.9 Å². The number of carbonyl (C=O) groups is 2. The fraction of sp³-hybridized carbons (Fsp3) is 0.381. The fourth-order valence-corrected chi connectivity index (χ4v) is 3.79. The molecule has 0 radical (unpaired) electrons. The van der Waals surface area contributed by atoms with Crippen molar-refractivity contribution in [3.05, 3.63) is 42.2 Å². The molecule has 1 N–H and O–H groups in total. The van der Waals surface area contributed by atoms with E-state index in [1.807, 2.05) is 23.1 Å². The Bertz CT molecular complexity index is 1000. The Kier molecular flexibility index (Phi) is 4.08. The third kappa shape index (κ3) is 3.71. The van der Waals surface area contributed by atoms with Gasteiger partial charge in [0.25, 0.3) is 0 Å². The lowest BCUT2D eigenvalue weighted by Crippen LogP contribution is -2.48. The second-order valence-electron chi connectivity index (χ2n) is 7.16. The first-order valence-electron chi connectivity index (χ1n) is 10.8. The zero-order chi connectivity index (χ0) is 22.2. The number of carboxylic acid groups (broad SMARTS) is 1. The summed E-state index contributed by atoms with van der Waals surface area (Å²) in [6, 6.07) is 7.50. The zero-order valence-electron chi connectivity index (χ0n) is 18.5. The van der Waals surface area contributed by atoms with Gasteiger partial charge in [-0.15, -0.1) is 0 Å². The summed E-state index contributed by atoms with van der Waals surface area (Å²) in [7, 11) is 0. The van der Waals surface area contributed by atoms with Gasteiger partial charge in [0.15, 0.2) is 0 Å². The van der Waals surface area contributed by atoms with Gasteiger partial charge in [-0.2, -0.15) is 0 Å². The minimum Gasteiger partial charge on any atom is -0.480 e. The van der Waals surface area contributed by atoms with Gasteiger partial charge in [-0.3, -0.25) is 19.5 Å². The highest BCUT2D eigenvalue weighted by atomic mass is 16.4. The molecular formula is C21H24N4O3. The number of carbonyl (C=O) groups excluding carboxylic acids is 1. The van der Waals surface area contributed by atoms with Crippen molar-refractivity contribution in [3.8, 4) is 11.1 Å². The van der Waals surface area contributed by atoms with E-state index in [1.165, 1.54) is 0 Å². The van der Waals surface area contributed by atoms with Crippen molar-refractivity contribution < 1.29 is 18.8 Å². The second kappa shape index (κ2) is 7.59. The van der Waals surface area contributed by atoms with Crippen molar-refractivity contribution in [3.63, 3.8) is 0 Å². The summed E-state index contributed by atoms with van der Waals surface area (Å²) in [6.07, 6.45) is 4.24. The molecule has 2 aliphatic rings. The molecule has 2 aromatic rings. The minimum absolute atomic E-state index is 0.0526. The average Bonchev–Trinajstić information content (AvgIpc) is 2.72. The molecule has 0 saturated carbocycles. The van der Waals surface area contributed by atoms with Crippen LogP contribution in [0.5, 0.6) is 0 Å². The molecule has 1 saturated heterocycles. The first-order valence-corrected chi connectivity index (χ1v) is 9.33. The molecule has 0 bridgehead atoms. The lowest BCUT2D eigenvalue weighted by atomic mass is 9.96. The van der Waals surface area contributed by atoms with Crippen LogP contribution in [-0.4, -0.2) is 66.6 Å². The smallest absolute Gasteiger partial charge is 0.317 e. The van der Waals surface area contributed by atoms with Crippen LogP contribution in [0.1, 0.15) is 16.1 Å². The van der Waals surface area contributed by atoms with Crippen LogP contribution in [0.4, 0.5) is 11.4 Å². The summed E-state index contributed by atoms with van der Waals surface area (Å²) < 4.78 is 23.1. The molecule has 146 valence electrons. The molecule has 7 nitrogen and oxygen atoms in total. The van der Waals surface area contributed by atoms with Gasteiger partial charge in [-0.05, 0) is 35.7 Å². The standard InChI is InChI=1S/C21H24N4O3/c1-23-19-4-2-15(10-16(19)3-5-20(23)26)17-11-18(13-22-12-17)25-8-6-24(7-9-25)14-21(27)28/h2,4,10-13H,3,5-9,14H2,1H3,(H,27,28)/i1D3. The summed E-state index contributed by atoms with van der Waals surface area (Å²) in [4.78, 5) is 32.5.